The molecule has 0 amide bonds. The van der Waals surface area contributed by atoms with E-state index in [1.807, 2.05) is 24.7 Å². The summed E-state index contributed by atoms with van der Waals surface area (Å²) in [6.07, 6.45) is 3.81. The average molecular weight is 314 g/mol. The molecule has 0 aliphatic rings. The highest BCUT2D eigenvalue weighted by Gasteiger charge is 2.07. The second-order valence-electron chi connectivity index (χ2n) is 5.82. The van der Waals surface area contributed by atoms with Gasteiger partial charge in [-0.05, 0) is 34.5 Å². The zero-order valence-electron chi connectivity index (χ0n) is 13.5. The summed E-state index contributed by atoms with van der Waals surface area (Å²) in [6, 6.07) is 23.1. The van der Waals surface area contributed by atoms with Crippen LogP contribution in [-0.2, 0) is 6.54 Å². The minimum atomic E-state index is 0.816. The van der Waals surface area contributed by atoms with Crippen LogP contribution in [0, 0.1) is 0 Å². The van der Waals surface area contributed by atoms with Crippen molar-refractivity contribution in [1.29, 1.82) is 0 Å². The van der Waals surface area contributed by atoms with Crippen LogP contribution in [0.3, 0.4) is 0 Å². The SMILES string of the molecule is COc1ccc2cc(-c3cncn3Cc3ccccc3)ccc2c1. The number of hydrogen-bond donors (Lipinski definition) is 0. The van der Waals surface area contributed by atoms with Gasteiger partial charge in [0.1, 0.15) is 5.75 Å². The molecule has 0 saturated heterocycles. The maximum Gasteiger partial charge on any atom is 0.119 e. The third-order valence-electron chi connectivity index (χ3n) is 4.25. The molecule has 0 atom stereocenters. The summed E-state index contributed by atoms with van der Waals surface area (Å²) in [5.41, 5.74) is 3.56. The summed E-state index contributed by atoms with van der Waals surface area (Å²) < 4.78 is 7.48. The Morgan fingerprint density at radius 2 is 1.71 bits per heavy atom. The lowest BCUT2D eigenvalue weighted by Crippen LogP contribution is -2.00. The van der Waals surface area contributed by atoms with Gasteiger partial charge >= 0.3 is 0 Å². The van der Waals surface area contributed by atoms with Crippen LogP contribution in [0.2, 0.25) is 0 Å². The summed E-state index contributed by atoms with van der Waals surface area (Å²) in [5, 5.41) is 2.37. The predicted octanol–water partition coefficient (Wildman–Crippen LogP) is 4.76. The summed E-state index contributed by atoms with van der Waals surface area (Å²) in [5.74, 6) is 0.879. The van der Waals surface area contributed by atoms with E-state index in [0.717, 1.165) is 18.0 Å². The van der Waals surface area contributed by atoms with Crippen molar-refractivity contribution < 1.29 is 4.74 Å². The minimum Gasteiger partial charge on any atom is -0.497 e. The third-order valence-corrected chi connectivity index (χ3v) is 4.25. The first-order valence-electron chi connectivity index (χ1n) is 7.96. The van der Waals surface area contributed by atoms with E-state index in [2.05, 4.69) is 64.1 Å². The van der Waals surface area contributed by atoms with Gasteiger partial charge in [-0.25, -0.2) is 4.98 Å². The van der Waals surface area contributed by atoms with E-state index in [1.54, 1.807) is 7.11 Å². The van der Waals surface area contributed by atoms with Crippen molar-refractivity contribution in [3.63, 3.8) is 0 Å². The molecule has 0 aliphatic carbocycles. The molecule has 4 rings (SSSR count). The van der Waals surface area contributed by atoms with Gasteiger partial charge < -0.3 is 9.30 Å². The van der Waals surface area contributed by atoms with Crippen LogP contribution in [0.4, 0.5) is 0 Å². The number of hydrogen-bond acceptors (Lipinski definition) is 2. The Hall–Kier alpha value is -3.07. The molecule has 0 fully saturated rings. The van der Waals surface area contributed by atoms with E-state index in [-0.39, 0.29) is 0 Å². The van der Waals surface area contributed by atoms with Gasteiger partial charge in [0.25, 0.3) is 0 Å². The molecule has 0 radical (unpaired) electrons. The number of fused-ring (bicyclic) bond motifs is 1. The lowest BCUT2D eigenvalue weighted by Gasteiger charge is -2.10. The number of methoxy groups -OCH3 is 1. The second kappa shape index (κ2) is 6.20. The fourth-order valence-electron chi connectivity index (χ4n) is 2.98. The van der Waals surface area contributed by atoms with Gasteiger partial charge in [0.05, 0.1) is 25.3 Å². The number of ether oxygens (including phenoxy) is 1. The Labute approximate surface area is 141 Å². The van der Waals surface area contributed by atoms with Crippen molar-refractivity contribution in [2.24, 2.45) is 0 Å². The van der Waals surface area contributed by atoms with E-state index in [4.69, 9.17) is 4.74 Å². The van der Waals surface area contributed by atoms with Gasteiger partial charge in [0.2, 0.25) is 0 Å². The second-order valence-corrected chi connectivity index (χ2v) is 5.82. The van der Waals surface area contributed by atoms with Gasteiger partial charge in [0, 0.05) is 12.1 Å². The van der Waals surface area contributed by atoms with Gasteiger partial charge in [-0.3, -0.25) is 0 Å². The number of aromatic nitrogens is 2. The molecule has 4 aromatic rings. The molecule has 24 heavy (non-hydrogen) atoms. The number of benzene rings is 3. The quantitative estimate of drug-likeness (QED) is 0.543. The molecule has 0 spiro atoms. The van der Waals surface area contributed by atoms with Crippen LogP contribution in [0.25, 0.3) is 22.0 Å². The van der Waals surface area contributed by atoms with Crippen LogP contribution in [0.15, 0.2) is 79.3 Å². The predicted molar refractivity (Wildman–Crippen MR) is 97.3 cm³/mol. The van der Waals surface area contributed by atoms with Gasteiger partial charge in [-0.1, -0.05) is 48.5 Å². The van der Waals surface area contributed by atoms with Crippen molar-refractivity contribution >= 4 is 10.8 Å². The van der Waals surface area contributed by atoms with Crippen molar-refractivity contribution in [3.05, 3.63) is 84.8 Å². The number of imidazole rings is 1. The maximum atomic E-state index is 5.30. The molecular weight excluding hydrogens is 296 g/mol. The third kappa shape index (κ3) is 2.76. The fraction of sp³-hybridized carbons (Fsp3) is 0.0952. The number of nitrogens with zero attached hydrogens (tertiary/aromatic N) is 2. The van der Waals surface area contributed by atoms with Gasteiger partial charge in [-0.15, -0.1) is 0 Å². The monoisotopic (exact) mass is 314 g/mol. The summed E-state index contributed by atoms with van der Waals surface area (Å²) in [4.78, 5) is 4.35. The summed E-state index contributed by atoms with van der Waals surface area (Å²) >= 11 is 0. The van der Waals surface area contributed by atoms with E-state index in [1.165, 1.54) is 21.9 Å². The van der Waals surface area contributed by atoms with Crippen molar-refractivity contribution in [2.45, 2.75) is 6.54 Å². The summed E-state index contributed by atoms with van der Waals surface area (Å²) in [7, 11) is 1.69. The molecule has 3 nitrogen and oxygen atoms in total. The molecule has 118 valence electrons. The molecule has 0 saturated carbocycles. The molecule has 0 aliphatic heterocycles. The van der Waals surface area contributed by atoms with E-state index < -0.39 is 0 Å². The lowest BCUT2D eigenvalue weighted by molar-refractivity contribution is 0.415. The van der Waals surface area contributed by atoms with Gasteiger partial charge in [0.15, 0.2) is 0 Å². The van der Waals surface area contributed by atoms with Crippen molar-refractivity contribution in [3.8, 4) is 17.0 Å². The zero-order chi connectivity index (χ0) is 16.4. The molecule has 0 unspecified atom stereocenters. The molecule has 3 aromatic carbocycles. The molecule has 1 heterocycles. The first-order chi connectivity index (χ1) is 11.8. The molecule has 0 bridgehead atoms. The van der Waals surface area contributed by atoms with Crippen molar-refractivity contribution in [2.75, 3.05) is 7.11 Å². The Morgan fingerprint density at radius 1 is 0.917 bits per heavy atom. The normalized spacial score (nSPS) is 10.9. The first kappa shape index (κ1) is 14.5. The molecular formula is C21H18N2O. The minimum absolute atomic E-state index is 0.816. The highest BCUT2D eigenvalue weighted by atomic mass is 16.5. The highest BCUT2D eigenvalue weighted by Crippen LogP contribution is 2.27. The van der Waals surface area contributed by atoms with E-state index >= 15 is 0 Å². The lowest BCUT2D eigenvalue weighted by atomic mass is 10.0. The van der Waals surface area contributed by atoms with Crippen LogP contribution >= 0.6 is 0 Å². The molecule has 3 heteroatoms. The van der Waals surface area contributed by atoms with Crippen LogP contribution in [-0.4, -0.2) is 16.7 Å². The van der Waals surface area contributed by atoms with Crippen LogP contribution in [0.5, 0.6) is 5.75 Å². The topological polar surface area (TPSA) is 27.1 Å². The maximum absolute atomic E-state index is 5.30. The Kier molecular flexibility index (Phi) is 3.75. The van der Waals surface area contributed by atoms with E-state index in [9.17, 15) is 0 Å². The van der Waals surface area contributed by atoms with E-state index in [0.29, 0.717) is 0 Å². The fourth-order valence-corrected chi connectivity index (χ4v) is 2.98. The standard InChI is InChI=1S/C21H18N2O/c1-24-20-10-9-17-11-19(8-7-18(17)12-20)21-13-22-15-23(21)14-16-5-3-2-4-6-16/h2-13,15H,14H2,1H3. The molecule has 0 N–H and O–H groups in total. The van der Waals surface area contributed by atoms with Crippen LogP contribution < -0.4 is 4.74 Å². The van der Waals surface area contributed by atoms with Gasteiger partial charge in [-0.2, -0.15) is 0 Å². The molecule has 1 aromatic heterocycles. The Balaban J connectivity index is 1.71. The Bertz CT molecular complexity index is 973. The average Bonchev–Trinajstić information content (AvgIpc) is 3.09. The highest BCUT2D eigenvalue weighted by molar-refractivity contribution is 5.88. The number of rotatable bonds is 4. The first-order valence-corrected chi connectivity index (χ1v) is 7.96. The smallest absolute Gasteiger partial charge is 0.119 e. The largest absolute Gasteiger partial charge is 0.497 e. The zero-order valence-corrected chi connectivity index (χ0v) is 13.5. The van der Waals surface area contributed by atoms with Crippen LogP contribution in [0.1, 0.15) is 5.56 Å². The Morgan fingerprint density at radius 3 is 2.54 bits per heavy atom. The summed E-state index contributed by atoms with van der Waals surface area (Å²) in [6.45, 7) is 0.816. The van der Waals surface area contributed by atoms with Crippen molar-refractivity contribution in [1.82, 2.24) is 9.55 Å².